The number of hydrogen-bond donors (Lipinski definition) is 1. The average molecular weight is 450 g/mol. The third-order valence-electron chi connectivity index (χ3n) is 6.64. The third kappa shape index (κ3) is 3.79. The van der Waals surface area contributed by atoms with Gasteiger partial charge in [-0.1, -0.05) is 48.0 Å². The molecule has 164 valence electrons. The Balaban J connectivity index is 1.42. The maximum absolute atomic E-state index is 13.0. The lowest BCUT2D eigenvalue weighted by atomic mass is 9.82. The molecule has 1 aromatic heterocycles. The summed E-state index contributed by atoms with van der Waals surface area (Å²) in [5.74, 6) is 0.315. The number of amides is 2. The summed E-state index contributed by atoms with van der Waals surface area (Å²) in [6.45, 7) is 1.43. The highest BCUT2D eigenvalue weighted by Crippen LogP contribution is 2.38. The first-order chi connectivity index (χ1) is 15.5. The zero-order valence-corrected chi connectivity index (χ0v) is 18.4. The number of rotatable bonds is 2. The van der Waals surface area contributed by atoms with E-state index in [4.69, 9.17) is 21.7 Å². The van der Waals surface area contributed by atoms with Gasteiger partial charge >= 0.3 is 6.09 Å². The van der Waals surface area contributed by atoms with Gasteiger partial charge in [0.15, 0.2) is 0 Å². The highest BCUT2D eigenvalue weighted by Gasteiger charge is 2.27. The molecule has 32 heavy (non-hydrogen) atoms. The van der Waals surface area contributed by atoms with E-state index in [-0.39, 0.29) is 5.91 Å². The molecular formula is C25H24ClN3O3. The molecule has 0 bridgehead atoms. The number of carbonyl (C=O) groups excluding carboxylic acids is 1. The summed E-state index contributed by atoms with van der Waals surface area (Å²) >= 11 is 6.78. The van der Waals surface area contributed by atoms with Crippen LogP contribution in [0.15, 0.2) is 48.5 Å². The van der Waals surface area contributed by atoms with Crippen LogP contribution in [-0.2, 0) is 12.8 Å². The van der Waals surface area contributed by atoms with Crippen molar-refractivity contribution < 1.29 is 14.7 Å². The molecule has 2 aromatic carbocycles. The van der Waals surface area contributed by atoms with Crippen LogP contribution in [0.5, 0.6) is 0 Å². The molecule has 0 spiro atoms. The van der Waals surface area contributed by atoms with Crippen LogP contribution in [-0.4, -0.2) is 58.1 Å². The van der Waals surface area contributed by atoms with E-state index < -0.39 is 6.09 Å². The fraction of sp³-hybridized carbons (Fsp3) is 0.320. The SMILES string of the molecule is O=C(O)N1CCN(C(=O)c2ccc3c(Cl)c4c(nc3c2)CC(c2ccccc2)CC4)CC1. The number of pyridine rings is 1. The molecule has 2 aliphatic rings. The van der Waals surface area contributed by atoms with Gasteiger partial charge in [-0.05, 0) is 48.4 Å². The van der Waals surface area contributed by atoms with Crippen LogP contribution in [0, 0.1) is 0 Å². The van der Waals surface area contributed by atoms with E-state index in [9.17, 15) is 9.59 Å². The number of benzene rings is 2. The maximum atomic E-state index is 13.0. The Morgan fingerprint density at radius 2 is 1.72 bits per heavy atom. The van der Waals surface area contributed by atoms with Gasteiger partial charge in [0.25, 0.3) is 5.91 Å². The van der Waals surface area contributed by atoms with Crippen molar-refractivity contribution in [3.63, 3.8) is 0 Å². The monoisotopic (exact) mass is 449 g/mol. The fourth-order valence-corrected chi connectivity index (χ4v) is 5.18. The van der Waals surface area contributed by atoms with Gasteiger partial charge in [0.1, 0.15) is 0 Å². The molecule has 5 rings (SSSR count). The Bertz CT molecular complexity index is 1190. The number of carboxylic acid groups (broad SMARTS) is 1. The lowest BCUT2D eigenvalue weighted by Gasteiger charge is -2.33. The molecule has 1 aliphatic heterocycles. The van der Waals surface area contributed by atoms with Gasteiger partial charge in [-0.15, -0.1) is 0 Å². The number of halogens is 1. The average Bonchev–Trinajstić information content (AvgIpc) is 2.83. The predicted octanol–water partition coefficient (Wildman–Crippen LogP) is 4.60. The first kappa shape index (κ1) is 20.8. The second-order valence-corrected chi connectivity index (χ2v) is 8.87. The molecule has 7 heteroatoms. The van der Waals surface area contributed by atoms with Crippen molar-refractivity contribution in [1.29, 1.82) is 0 Å². The minimum Gasteiger partial charge on any atom is -0.465 e. The van der Waals surface area contributed by atoms with Gasteiger partial charge in [-0.3, -0.25) is 9.78 Å². The van der Waals surface area contributed by atoms with Crippen molar-refractivity contribution in [3.8, 4) is 0 Å². The van der Waals surface area contributed by atoms with E-state index in [2.05, 4.69) is 24.3 Å². The van der Waals surface area contributed by atoms with Crippen LogP contribution in [0.3, 0.4) is 0 Å². The third-order valence-corrected chi connectivity index (χ3v) is 7.07. The van der Waals surface area contributed by atoms with Crippen LogP contribution >= 0.6 is 11.6 Å². The lowest BCUT2D eigenvalue weighted by molar-refractivity contribution is 0.0625. The second kappa shape index (κ2) is 8.43. The standard InChI is InChI=1S/C25H24ClN3O3/c26-23-19-8-6-17(16-4-2-1-3-5-16)14-21(19)27-22-15-18(7-9-20(22)23)24(30)28-10-12-29(13-11-28)25(31)32/h1-5,7,9,15,17H,6,8,10-14H2,(H,31,32). The summed E-state index contributed by atoms with van der Waals surface area (Å²) in [6, 6.07) is 16.0. The van der Waals surface area contributed by atoms with Crippen molar-refractivity contribution in [2.45, 2.75) is 25.2 Å². The number of hydrogen-bond acceptors (Lipinski definition) is 3. The quantitative estimate of drug-likeness (QED) is 0.620. The topological polar surface area (TPSA) is 73.7 Å². The van der Waals surface area contributed by atoms with Crippen molar-refractivity contribution in [3.05, 3.63) is 75.9 Å². The van der Waals surface area contributed by atoms with Gasteiger partial charge < -0.3 is 14.9 Å². The van der Waals surface area contributed by atoms with Crippen LogP contribution in [0.1, 0.15) is 39.5 Å². The zero-order chi connectivity index (χ0) is 22.2. The van der Waals surface area contributed by atoms with Gasteiger partial charge in [-0.2, -0.15) is 0 Å². The largest absolute Gasteiger partial charge is 0.465 e. The normalized spacial score (nSPS) is 18.5. The lowest BCUT2D eigenvalue weighted by Crippen LogP contribution is -2.50. The van der Waals surface area contributed by atoms with Crippen LogP contribution in [0.25, 0.3) is 10.9 Å². The van der Waals surface area contributed by atoms with Crippen LogP contribution in [0.2, 0.25) is 5.02 Å². The molecule has 1 atom stereocenters. The molecule has 0 radical (unpaired) electrons. The van der Waals surface area contributed by atoms with Crippen molar-refractivity contribution in [2.75, 3.05) is 26.2 Å². The summed E-state index contributed by atoms with van der Waals surface area (Å²) in [5, 5.41) is 10.7. The number of aromatic nitrogens is 1. The predicted molar refractivity (Wildman–Crippen MR) is 123 cm³/mol. The maximum Gasteiger partial charge on any atom is 0.407 e. The van der Waals surface area contributed by atoms with E-state index in [1.807, 2.05) is 18.2 Å². The molecule has 2 amide bonds. The Labute approximate surface area is 191 Å². The van der Waals surface area contributed by atoms with Crippen LogP contribution < -0.4 is 0 Å². The Kier molecular flexibility index (Phi) is 5.47. The number of nitrogens with zero attached hydrogens (tertiary/aromatic N) is 3. The summed E-state index contributed by atoms with van der Waals surface area (Å²) in [5.41, 5.74) is 4.75. The number of carbonyl (C=O) groups is 2. The summed E-state index contributed by atoms with van der Waals surface area (Å²) in [7, 11) is 0. The molecule has 0 saturated carbocycles. The minimum absolute atomic E-state index is 0.102. The molecular weight excluding hydrogens is 426 g/mol. The Hall–Kier alpha value is -3.12. The molecule has 1 saturated heterocycles. The molecule has 6 nitrogen and oxygen atoms in total. The van der Waals surface area contributed by atoms with E-state index in [1.54, 1.807) is 11.0 Å². The minimum atomic E-state index is -0.944. The Morgan fingerprint density at radius 3 is 2.44 bits per heavy atom. The highest BCUT2D eigenvalue weighted by molar-refractivity contribution is 6.36. The smallest absolute Gasteiger partial charge is 0.407 e. The zero-order valence-electron chi connectivity index (χ0n) is 17.6. The molecule has 3 aromatic rings. The summed E-state index contributed by atoms with van der Waals surface area (Å²) < 4.78 is 0. The summed E-state index contributed by atoms with van der Waals surface area (Å²) in [6.07, 6.45) is 1.83. The number of fused-ring (bicyclic) bond motifs is 2. The molecule has 2 heterocycles. The van der Waals surface area contributed by atoms with E-state index in [0.717, 1.165) is 46.4 Å². The molecule has 1 aliphatic carbocycles. The van der Waals surface area contributed by atoms with E-state index in [0.29, 0.717) is 37.7 Å². The second-order valence-electron chi connectivity index (χ2n) is 8.50. The van der Waals surface area contributed by atoms with Crippen molar-refractivity contribution in [1.82, 2.24) is 14.8 Å². The van der Waals surface area contributed by atoms with Crippen LogP contribution in [0.4, 0.5) is 4.79 Å². The van der Waals surface area contributed by atoms with Gasteiger partial charge in [0.05, 0.1) is 10.5 Å². The van der Waals surface area contributed by atoms with Gasteiger partial charge in [0, 0.05) is 42.8 Å². The Morgan fingerprint density at radius 1 is 1.00 bits per heavy atom. The van der Waals surface area contributed by atoms with E-state index >= 15 is 0 Å². The van der Waals surface area contributed by atoms with E-state index in [1.165, 1.54) is 10.5 Å². The fourth-order valence-electron chi connectivity index (χ4n) is 4.81. The van der Waals surface area contributed by atoms with Crippen molar-refractivity contribution >= 4 is 34.5 Å². The first-order valence-corrected chi connectivity index (χ1v) is 11.3. The van der Waals surface area contributed by atoms with Gasteiger partial charge in [-0.25, -0.2) is 4.79 Å². The van der Waals surface area contributed by atoms with Gasteiger partial charge in [0.2, 0.25) is 0 Å². The first-order valence-electron chi connectivity index (χ1n) is 10.9. The summed E-state index contributed by atoms with van der Waals surface area (Å²) in [4.78, 5) is 32.1. The van der Waals surface area contributed by atoms with Crippen molar-refractivity contribution in [2.24, 2.45) is 0 Å². The molecule has 1 N–H and O–H groups in total. The molecule has 1 fully saturated rings. The number of piperazine rings is 1. The molecule has 1 unspecified atom stereocenters. The highest BCUT2D eigenvalue weighted by atomic mass is 35.5.